The topological polar surface area (TPSA) is 96.5 Å². The smallest absolute Gasteiger partial charge is 0.311 e. The average molecular weight is 277 g/mol. The van der Waals surface area contributed by atoms with E-state index in [2.05, 4.69) is 4.98 Å². The monoisotopic (exact) mass is 277 g/mol. The highest BCUT2D eigenvalue weighted by atomic mass is 16.4. The van der Waals surface area contributed by atoms with Gasteiger partial charge in [0.1, 0.15) is 0 Å². The molecule has 2 rings (SSSR count). The van der Waals surface area contributed by atoms with Crippen LogP contribution in [0.5, 0.6) is 0 Å². The van der Waals surface area contributed by atoms with E-state index in [1.54, 1.807) is 19.9 Å². The number of rotatable bonds is 3. The number of hydrogen-bond acceptors (Lipinski definition) is 4. The van der Waals surface area contributed by atoms with Crippen molar-refractivity contribution in [3.05, 3.63) is 23.0 Å². The predicted octanol–water partition coefficient (Wildman–Crippen LogP) is 1.10. The molecule has 3 N–H and O–H groups in total. The Balaban J connectivity index is 2.44. The molecule has 1 atom stereocenters. The number of pyridine rings is 1. The summed E-state index contributed by atoms with van der Waals surface area (Å²) in [5.74, 6) is -1.35. The van der Waals surface area contributed by atoms with E-state index in [-0.39, 0.29) is 0 Å². The fourth-order valence-corrected chi connectivity index (χ4v) is 2.70. The Bertz CT molecular complexity index is 585. The summed E-state index contributed by atoms with van der Waals surface area (Å²) in [5, 5.41) is 9.29. The first-order chi connectivity index (χ1) is 9.24. The molecule has 0 radical (unpaired) electrons. The van der Waals surface area contributed by atoms with Gasteiger partial charge in [0, 0.05) is 18.8 Å². The molecule has 6 heteroatoms. The van der Waals surface area contributed by atoms with E-state index in [9.17, 15) is 14.7 Å². The molecule has 108 valence electrons. The Morgan fingerprint density at radius 3 is 2.60 bits per heavy atom. The lowest BCUT2D eigenvalue weighted by atomic mass is 9.90. The molecule has 1 unspecified atom stereocenters. The van der Waals surface area contributed by atoms with Crippen LogP contribution in [0.4, 0.5) is 5.69 Å². The van der Waals surface area contributed by atoms with E-state index < -0.39 is 17.3 Å². The maximum Gasteiger partial charge on any atom is 0.311 e. The minimum atomic E-state index is -0.817. The van der Waals surface area contributed by atoms with Gasteiger partial charge in [0.2, 0.25) is 0 Å². The second-order valence-electron chi connectivity index (χ2n) is 5.64. The number of primary amides is 1. The number of aromatic nitrogens is 1. The number of carboxylic acid groups (broad SMARTS) is 1. The van der Waals surface area contributed by atoms with E-state index in [1.807, 2.05) is 11.8 Å². The van der Waals surface area contributed by atoms with Crippen LogP contribution in [0, 0.1) is 19.3 Å². The van der Waals surface area contributed by atoms with Gasteiger partial charge >= 0.3 is 5.97 Å². The van der Waals surface area contributed by atoms with Gasteiger partial charge in [-0.05, 0) is 33.3 Å². The third-order valence-corrected chi connectivity index (χ3v) is 3.88. The van der Waals surface area contributed by atoms with Gasteiger partial charge in [-0.25, -0.2) is 0 Å². The van der Waals surface area contributed by atoms with Crippen LogP contribution in [0.15, 0.2) is 6.07 Å². The van der Waals surface area contributed by atoms with Crippen molar-refractivity contribution in [2.75, 3.05) is 18.0 Å². The molecule has 2 heterocycles. The van der Waals surface area contributed by atoms with Gasteiger partial charge in [-0.3, -0.25) is 14.6 Å². The Hall–Kier alpha value is -2.11. The zero-order chi connectivity index (χ0) is 15.1. The Labute approximate surface area is 117 Å². The average Bonchev–Trinajstić information content (AvgIpc) is 2.71. The van der Waals surface area contributed by atoms with Crippen molar-refractivity contribution < 1.29 is 14.7 Å². The lowest BCUT2D eigenvalue weighted by Gasteiger charge is -2.24. The lowest BCUT2D eigenvalue weighted by Crippen LogP contribution is -2.33. The number of aryl methyl sites for hydroxylation is 2. The number of nitrogens with two attached hydrogens (primary N) is 1. The third kappa shape index (κ3) is 2.33. The maximum atomic E-state index is 11.6. The molecule has 20 heavy (non-hydrogen) atoms. The van der Waals surface area contributed by atoms with Crippen LogP contribution in [0.25, 0.3) is 0 Å². The summed E-state index contributed by atoms with van der Waals surface area (Å²) in [5.41, 5.74) is 7.08. The molecular formula is C14H19N3O3. The van der Waals surface area contributed by atoms with E-state index >= 15 is 0 Å². The summed E-state index contributed by atoms with van der Waals surface area (Å²) < 4.78 is 0. The first-order valence-corrected chi connectivity index (χ1v) is 6.51. The SMILES string of the molecule is Cc1cc(N2CCC(C)(C(=O)O)C2)c(C(N)=O)c(C)n1. The molecule has 1 aliphatic heterocycles. The highest BCUT2D eigenvalue weighted by Gasteiger charge is 2.41. The van der Waals surface area contributed by atoms with Crippen LogP contribution in [-0.2, 0) is 4.79 Å². The molecule has 1 saturated heterocycles. The van der Waals surface area contributed by atoms with Crippen LogP contribution >= 0.6 is 0 Å². The molecule has 0 aromatic carbocycles. The first kappa shape index (κ1) is 14.3. The second-order valence-corrected chi connectivity index (χ2v) is 5.64. The molecule has 0 spiro atoms. The molecule has 1 aliphatic rings. The minimum absolute atomic E-state index is 0.367. The summed E-state index contributed by atoms with van der Waals surface area (Å²) >= 11 is 0. The Morgan fingerprint density at radius 2 is 2.10 bits per heavy atom. The number of aliphatic carboxylic acids is 1. The van der Waals surface area contributed by atoms with Crippen molar-refractivity contribution in [1.29, 1.82) is 0 Å². The predicted molar refractivity (Wildman–Crippen MR) is 74.8 cm³/mol. The summed E-state index contributed by atoms with van der Waals surface area (Å²) in [7, 11) is 0. The Kier molecular flexibility index (Phi) is 3.41. The summed E-state index contributed by atoms with van der Waals surface area (Å²) in [6, 6.07) is 1.79. The van der Waals surface area contributed by atoms with Crippen molar-refractivity contribution in [1.82, 2.24) is 4.98 Å². The normalized spacial score (nSPS) is 22.1. The molecule has 0 saturated carbocycles. The van der Waals surface area contributed by atoms with Gasteiger partial charge in [0.15, 0.2) is 0 Å². The van der Waals surface area contributed by atoms with Crippen molar-refractivity contribution >= 4 is 17.6 Å². The maximum absolute atomic E-state index is 11.6. The van der Waals surface area contributed by atoms with Crippen molar-refractivity contribution in [2.24, 2.45) is 11.1 Å². The summed E-state index contributed by atoms with van der Waals surface area (Å²) in [6.45, 7) is 6.26. The molecule has 1 amide bonds. The lowest BCUT2D eigenvalue weighted by molar-refractivity contribution is -0.146. The fraction of sp³-hybridized carbons (Fsp3) is 0.500. The van der Waals surface area contributed by atoms with Crippen LogP contribution in [0.3, 0.4) is 0 Å². The second kappa shape index (κ2) is 4.77. The molecule has 1 aromatic rings. The number of carbonyl (C=O) groups excluding carboxylic acids is 1. The van der Waals surface area contributed by atoms with Crippen LogP contribution in [0.2, 0.25) is 0 Å². The number of anilines is 1. The molecular weight excluding hydrogens is 258 g/mol. The first-order valence-electron chi connectivity index (χ1n) is 6.51. The number of nitrogens with zero attached hydrogens (tertiary/aromatic N) is 2. The van der Waals surface area contributed by atoms with Gasteiger partial charge in [-0.15, -0.1) is 0 Å². The minimum Gasteiger partial charge on any atom is -0.481 e. The largest absolute Gasteiger partial charge is 0.481 e. The fourth-order valence-electron chi connectivity index (χ4n) is 2.70. The standard InChI is InChI=1S/C14H19N3O3/c1-8-6-10(11(12(15)18)9(2)16-8)17-5-4-14(3,7-17)13(19)20/h6H,4-5,7H2,1-3H3,(H2,15,18)(H,19,20). The van der Waals surface area contributed by atoms with Gasteiger partial charge < -0.3 is 15.7 Å². The van der Waals surface area contributed by atoms with Gasteiger partial charge in [-0.2, -0.15) is 0 Å². The van der Waals surface area contributed by atoms with E-state index in [4.69, 9.17) is 5.73 Å². The quantitative estimate of drug-likeness (QED) is 0.862. The van der Waals surface area contributed by atoms with E-state index in [0.717, 1.165) is 5.69 Å². The third-order valence-electron chi connectivity index (χ3n) is 3.88. The van der Waals surface area contributed by atoms with E-state index in [0.29, 0.717) is 36.5 Å². The zero-order valence-corrected chi connectivity index (χ0v) is 11.9. The van der Waals surface area contributed by atoms with E-state index in [1.165, 1.54) is 0 Å². The number of carboxylic acids is 1. The molecule has 6 nitrogen and oxygen atoms in total. The molecule has 0 bridgehead atoms. The summed E-state index contributed by atoms with van der Waals surface area (Å²) in [4.78, 5) is 29.1. The van der Waals surface area contributed by atoms with Crippen LogP contribution in [0.1, 0.15) is 35.1 Å². The van der Waals surface area contributed by atoms with Gasteiger partial charge in [-0.1, -0.05) is 0 Å². The van der Waals surface area contributed by atoms with Crippen LogP contribution < -0.4 is 10.6 Å². The van der Waals surface area contributed by atoms with Crippen molar-refractivity contribution in [3.63, 3.8) is 0 Å². The molecule has 0 aliphatic carbocycles. The van der Waals surface area contributed by atoms with Crippen molar-refractivity contribution in [2.45, 2.75) is 27.2 Å². The number of amides is 1. The molecule has 1 fully saturated rings. The van der Waals surface area contributed by atoms with Crippen LogP contribution in [-0.4, -0.2) is 35.1 Å². The summed E-state index contributed by atoms with van der Waals surface area (Å²) in [6.07, 6.45) is 0.543. The molecule has 1 aromatic heterocycles. The van der Waals surface area contributed by atoms with Gasteiger partial charge in [0.25, 0.3) is 5.91 Å². The number of carbonyl (C=O) groups is 2. The number of hydrogen-bond donors (Lipinski definition) is 2. The Morgan fingerprint density at radius 1 is 1.45 bits per heavy atom. The highest BCUT2D eigenvalue weighted by Crippen LogP contribution is 2.35. The highest BCUT2D eigenvalue weighted by molar-refractivity contribution is 6.00. The van der Waals surface area contributed by atoms with Crippen molar-refractivity contribution in [3.8, 4) is 0 Å². The zero-order valence-electron chi connectivity index (χ0n) is 11.9. The van der Waals surface area contributed by atoms with Gasteiger partial charge in [0.05, 0.1) is 22.4 Å².